The van der Waals surface area contributed by atoms with E-state index < -0.39 is 49.4 Å². The second-order valence-corrected chi connectivity index (χ2v) is 6.04. The average Bonchev–Trinajstić information content (AvgIpc) is 2.25. The summed E-state index contributed by atoms with van der Waals surface area (Å²) in [6.07, 6.45) is -1.11. The zero-order valence-corrected chi connectivity index (χ0v) is 10.6. The zero-order valence-electron chi connectivity index (χ0n) is 9.74. The van der Waals surface area contributed by atoms with Crippen LogP contribution in [0.25, 0.3) is 0 Å². The summed E-state index contributed by atoms with van der Waals surface area (Å²) in [5, 5.41) is 34.0. The third kappa shape index (κ3) is 4.21. The van der Waals surface area contributed by atoms with Crippen LogP contribution in [0.1, 0.15) is 26.2 Å². The molecular weight excluding hydrogens is 265 g/mol. The number of hydrogen-bond donors (Lipinski definition) is 5. The number of nitrogens with one attached hydrogen (secondary N) is 1. The molecule has 0 radical (unpaired) electrons. The number of carboxylic acids is 2. The number of hydrogen-bond acceptors (Lipinski definition) is 5. The number of aliphatic hydroxyl groups excluding tert-OH is 1. The third-order valence-electron chi connectivity index (χ3n) is 2.44. The summed E-state index contributed by atoms with van der Waals surface area (Å²) in [5.74, 6) is -6.25. The number of carbonyl (C=O) groups is 2. The van der Waals surface area contributed by atoms with Crippen LogP contribution < -0.4 is 0 Å². The molecule has 0 bridgehead atoms. The molecular formula is C9H16NO7P. The standard InChI is InChI=1S/C9H16NO7P/c1-2-5(8(13)14)9(15)18(16,17)6(10)3-4-7(11)12/h5,9-10,15H,2-4H2,1H3,(H,11,12)(H,13,14)(H,16,17). The maximum Gasteiger partial charge on any atom is 0.309 e. The van der Waals surface area contributed by atoms with Crippen molar-refractivity contribution in [2.75, 3.05) is 0 Å². The van der Waals surface area contributed by atoms with Gasteiger partial charge in [0, 0.05) is 6.42 Å². The zero-order chi connectivity index (χ0) is 14.5. The summed E-state index contributed by atoms with van der Waals surface area (Å²) < 4.78 is 11.8. The lowest BCUT2D eigenvalue weighted by atomic mass is 10.1. The monoisotopic (exact) mass is 281 g/mol. The van der Waals surface area contributed by atoms with Gasteiger partial charge in [0.15, 0.2) is 0 Å². The minimum absolute atomic E-state index is 0.0761. The molecule has 0 heterocycles. The third-order valence-corrected chi connectivity index (χ3v) is 4.51. The Morgan fingerprint density at radius 3 is 2.11 bits per heavy atom. The van der Waals surface area contributed by atoms with E-state index in [-0.39, 0.29) is 6.42 Å². The Balaban J connectivity index is 4.89. The van der Waals surface area contributed by atoms with E-state index in [9.17, 15) is 24.2 Å². The molecule has 3 unspecified atom stereocenters. The van der Waals surface area contributed by atoms with Crippen molar-refractivity contribution in [2.24, 2.45) is 5.92 Å². The van der Waals surface area contributed by atoms with Crippen LogP contribution in [-0.4, -0.2) is 43.4 Å². The van der Waals surface area contributed by atoms with Crippen molar-refractivity contribution in [2.45, 2.75) is 32.0 Å². The molecule has 18 heavy (non-hydrogen) atoms. The second-order valence-electron chi connectivity index (χ2n) is 3.73. The van der Waals surface area contributed by atoms with E-state index in [2.05, 4.69) is 0 Å². The Morgan fingerprint density at radius 1 is 1.28 bits per heavy atom. The normalized spacial score (nSPS) is 17.5. The molecule has 0 aliphatic rings. The van der Waals surface area contributed by atoms with Gasteiger partial charge in [-0.3, -0.25) is 19.6 Å². The van der Waals surface area contributed by atoms with Gasteiger partial charge in [-0.1, -0.05) is 6.92 Å². The van der Waals surface area contributed by atoms with Crippen molar-refractivity contribution < 1.29 is 34.4 Å². The first-order chi connectivity index (χ1) is 8.14. The quantitative estimate of drug-likeness (QED) is 0.321. The maximum absolute atomic E-state index is 11.8. The van der Waals surface area contributed by atoms with Gasteiger partial charge in [-0.2, -0.15) is 0 Å². The molecule has 0 spiro atoms. The van der Waals surface area contributed by atoms with E-state index in [0.717, 1.165) is 0 Å². The molecule has 0 saturated heterocycles. The fourth-order valence-electron chi connectivity index (χ4n) is 1.30. The lowest BCUT2D eigenvalue weighted by molar-refractivity contribution is -0.144. The van der Waals surface area contributed by atoms with Gasteiger partial charge in [0.1, 0.15) is 5.85 Å². The van der Waals surface area contributed by atoms with Gasteiger partial charge >= 0.3 is 11.9 Å². The molecule has 5 N–H and O–H groups in total. The number of rotatable bonds is 8. The molecule has 104 valence electrons. The van der Waals surface area contributed by atoms with Crippen LogP contribution in [0.15, 0.2) is 0 Å². The van der Waals surface area contributed by atoms with Gasteiger partial charge in [0.05, 0.1) is 17.8 Å². The summed E-state index contributed by atoms with van der Waals surface area (Å²) in [4.78, 5) is 30.6. The molecule has 0 aliphatic carbocycles. The predicted molar refractivity (Wildman–Crippen MR) is 61.8 cm³/mol. The lowest BCUT2D eigenvalue weighted by Gasteiger charge is -2.23. The van der Waals surface area contributed by atoms with E-state index >= 15 is 0 Å². The van der Waals surface area contributed by atoms with Crippen LogP contribution in [0.5, 0.6) is 0 Å². The highest BCUT2D eigenvalue weighted by atomic mass is 31.2. The van der Waals surface area contributed by atoms with Crippen LogP contribution in [0, 0.1) is 11.3 Å². The Morgan fingerprint density at radius 2 is 1.78 bits per heavy atom. The maximum atomic E-state index is 11.8. The molecule has 0 fully saturated rings. The molecule has 0 aliphatic heterocycles. The highest BCUT2D eigenvalue weighted by Crippen LogP contribution is 2.50. The summed E-state index contributed by atoms with van der Waals surface area (Å²) in [7, 11) is -4.56. The molecule has 3 atom stereocenters. The largest absolute Gasteiger partial charge is 0.481 e. The summed E-state index contributed by atoms with van der Waals surface area (Å²) >= 11 is 0. The molecule has 9 heteroatoms. The Bertz CT molecular complexity index is 394. The first-order valence-corrected chi connectivity index (χ1v) is 6.90. The fourth-order valence-corrected chi connectivity index (χ4v) is 2.88. The van der Waals surface area contributed by atoms with E-state index in [1.165, 1.54) is 6.92 Å². The van der Waals surface area contributed by atoms with Crippen LogP contribution in [0.4, 0.5) is 0 Å². The predicted octanol–water partition coefficient (Wildman–Crippen LogP) is 0.528. The lowest BCUT2D eigenvalue weighted by Crippen LogP contribution is -2.29. The van der Waals surface area contributed by atoms with Crippen molar-refractivity contribution in [1.82, 2.24) is 0 Å². The van der Waals surface area contributed by atoms with Crippen molar-refractivity contribution in [3.8, 4) is 0 Å². The molecule has 8 nitrogen and oxygen atoms in total. The number of aliphatic hydroxyl groups is 1. The molecule has 0 aromatic rings. The van der Waals surface area contributed by atoms with Gasteiger partial charge in [0.2, 0.25) is 0 Å². The first-order valence-electron chi connectivity index (χ1n) is 5.17. The van der Waals surface area contributed by atoms with Crippen LogP contribution >= 0.6 is 7.37 Å². The van der Waals surface area contributed by atoms with Crippen molar-refractivity contribution in [1.29, 1.82) is 5.41 Å². The van der Waals surface area contributed by atoms with E-state index in [4.69, 9.17) is 15.6 Å². The van der Waals surface area contributed by atoms with Crippen LogP contribution in [0.2, 0.25) is 0 Å². The van der Waals surface area contributed by atoms with Crippen molar-refractivity contribution >= 4 is 24.8 Å². The van der Waals surface area contributed by atoms with Crippen molar-refractivity contribution in [3.63, 3.8) is 0 Å². The highest BCUT2D eigenvalue weighted by molar-refractivity contribution is 7.76. The first kappa shape index (κ1) is 16.8. The minimum atomic E-state index is -4.56. The number of aliphatic carboxylic acids is 2. The van der Waals surface area contributed by atoms with Crippen LogP contribution in [-0.2, 0) is 14.2 Å². The van der Waals surface area contributed by atoms with Gasteiger partial charge in [0.25, 0.3) is 7.37 Å². The van der Waals surface area contributed by atoms with Gasteiger partial charge in [-0.25, -0.2) is 0 Å². The Hall–Kier alpha value is -1.24. The molecule has 0 saturated carbocycles. The van der Waals surface area contributed by atoms with Gasteiger partial charge in [-0.05, 0) is 6.42 Å². The van der Waals surface area contributed by atoms with Crippen molar-refractivity contribution in [3.05, 3.63) is 0 Å². The Kier molecular flexibility index (Phi) is 6.17. The van der Waals surface area contributed by atoms with E-state index in [0.29, 0.717) is 0 Å². The number of carboxylic acid groups (broad SMARTS) is 2. The highest BCUT2D eigenvalue weighted by Gasteiger charge is 2.41. The minimum Gasteiger partial charge on any atom is -0.481 e. The van der Waals surface area contributed by atoms with E-state index in [1.54, 1.807) is 0 Å². The molecule has 0 aromatic carbocycles. The average molecular weight is 281 g/mol. The summed E-state index contributed by atoms with van der Waals surface area (Å²) in [6.45, 7) is 1.42. The van der Waals surface area contributed by atoms with E-state index in [1.807, 2.05) is 0 Å². The second kappa shape index (κ2) is 6.63. The fraction of sp³-hybridized carbons (Fsp3) is 0.667. The van der Waals surface area contributed by atoms with Gasteiger partial charge in [-0.15, -0.1) is 0 Å². The van der Waals surface area contributed by atoms with Gasteiger partial charge < -0.3 is 20.2 Å². The molecule has 0 aromatic heterocycles. The molecule has 0 amide bonds. The van der Waals surface area contributed by atoms with Crippen LogP contribution in [0.3, 0.4) is 0 Å². The SMILES string of the molecule is CCC(C(=O)O)C(O)P(=O)(O)C(=N)CCC(=O)O. The topological polar surface area (TPSA) is 156 Å². The smallest absolute Gasteiger partial charge is 0.309 e. The summed E-state index contributed by atoms with van der Waals surface area (Å²) in [5.41, 5.74) is -0.836. The Labute approximate surface area is 103 Å². The summed E-state index contributed by atoms with van der Waals surface area (Å²) in [6, 6.07) is 0. The molecule has 0 rings (SSSR count).